The Kier molecular flexibility index (Phi) is 6.24. The van der Waals surface area contributed by atoms with E-state index in [2.05, 4.69) is 5.32 Å². The molecule has 0 aromatic heterocycles. The third-order valence-corrected chi connectivity index (χ3v) is 4.78. The number of carbonyl (C=O) groups is 1. The number of thiocarbonyl (C=S) groups is 1. The van der Waals surface area contributed by atoms with E-state index in [0.717, 1.165) is 0 Å². The minimum atomic E-state index is -0.382. The van der Waals surface area contributed by atoms with Crippen LogP contribution in [0, 0.1) is 5.82 Å². The number of ether oxygens (including phenoxy) is 1. The zero-order valence-electron chi connectivity index (χ0n) is 15.2. The van der Waals surface area contributed by atoms with Crippen molar-refractivity contribution < 1.29 is 13.9 Å². The van der Waals surface area contributed by atoms with E-state index in [9.17, 15) is 9.18 Å². The standard InChI is InChI=1S/C20H22FN3O2S/c1-2-26-19(25)15-7-3-5-9-17(15)22-20(27)24-13-11-23(12-14-24)18-10-6-4-8-16(18)21/h3-10H,2,11-14H2,1H3,(H,22,27). The molecule has 0 spiro atoms. The van der Waals surface area contributed by atoms with E-state index in [-0.39, 0.29) is 11.8 Å². The van der Waals surface area contributed by atoms with Gasteiger partial charge in [-0.2, -0.15) is 0 Å². The van der Waals surface area contributed by atoms with Crippen LogP contribution in [0.5, 0.6) is 0 Å². The first kappa shape index (κ1) is 19.1. The van der Waals surface area contributed by atoms with Gasteiger partial charge in [0.2, 0.25) is 0 Å². The Morgan fingerprint density at radius 2 is 1.78 bits per heavy atom. The molecule has 0 saturated carbocycles. The van der Waals surface area contributed by atoms with Gasteiger partial charge in [0.25, 0.3) is 0 Å². The molecule has 2 aromatic rings. The van der Waals surface area contributed by atoms with Crippen molar-refractivity contribution in [2.75, 3.05) is 43.0 Å². The van der Waals surface area contributed by atoms with Crippen LogP contribution in [0.15, 0.2) is 48.5 Å². The van der Waals surface area contributed by atoms with Crippen LogP contribution < -0.4 is 10.2 Å². The molecular formula is C20H22FN3O2S. The summed E-state index contributed by atoms with van der Waals surface area (Å²) in [6.45, 7) is 4.76. The van der Waals surface area contributed by atoms with E-state index in [1.807, 2.05) is 21.9 Å². The molecule has 1 aliphatic heterocycles. The smallest absolute Gasteiger partial charge is 0.340 e. The van der Waals surface area contributed by atoms with Gasteiger partial charge in [-0.15, -0.1) is 0 Å². The number of esters is 1. The van der Waals surface area contributed by atoms with Crippen molar-refractivity contribution in [3.05, 3.63) is 59.9 Å². The van der Waals surface area contributed by atoms with E-state index in [1.54, 1.807) is 37.3 Å². The average molecular weight is 387 g/mol. The molecule has 1 fully saturated rings. The zero-order chi connectivity index (χ0) is 19.2. The second-order valence-electron chi connectivity index (χ2n) is 6.12. The summed E-state index contributed by atoms with van der Waals surface area (Å²) < 4.78 is 19.1. The van der Waals surface area contributed by atoms with Crippen LogP contribution in [0.4, 0.5) is 15.8 Å². The van der Waals surface area contributed by atoms with Gasteiger partial charge in [-0.1, -0.05) is 24.3 Å². The van der Waals surface area contributed by atoms with E-state index in [4.69, 9.17) is 17.0 Å². The van der Waals surface area contributed by atoms with Gasteiger partial charge in [0.05, 0.1) is 23.5 Å². The van der Waals surface area contributed by atoms with Gasteiger partial charge < -0.3 is 19.9 Å². The second kappa shape index (κ2) is 8.81. The van der Waals surface area contributed by atoms with Crippen molar-refractivity contribution in [1.82, 2.24) is 4.90 Å². The number of anilines is 2. The predicted molar refractivity (Wildman–Crippen MR) is 109 cm³/mol. The van der Waals surface area contributed by atoms with Crippen molar-refractivity contribution in [1.29, 1.82) is 0 Å². The molecule has 1 heterocycles. The molecule has 3 rings (SSSR count). The van der Waals surface area contributed by atoms with Gasteiger partial charge in [-0.25, -0.2) is 9.18 Å². The van der Waals surface area contributed by atoms with Gasteiger partial charge in [0, 0.05) is 26.2 Å². The highest BCUT2D eigenvalue weighted by Crippen LogP contribution is 2.21. The molecule has 0 aliphatic carbocycles. The van der Waals surface area contributed by atoms with Gasteiger partial charge in [-0.3, -0.25) is 0 Å². The molecule has 0 radical (unpaired) electrons. The van der Waals surface area contributed by atoms with Crippen LogP contribution in [0.3, 0.4) is 0 Å². The van der Waals surface area contributed by atoms with E-state index >= 15 is 0 Å². The van der Waals surface area contributed by atoms with Crippen molar-refractivity contribution >= 4 is 34.7 Å². The highest BCUT2D eigenvalue weighted by Gasteiger charge is 2.22. The largest absolute Gasteiger partial charge is 0.462 e. The number of nitrogens with one attached hydrogen (secondary N) is 1. The van der Waals surface area contributed by atoms with E-state index < -0.39 is 0 Å². The maximum atomic E-state index is 14.0. The number of benzene rings is 2. The maximum Gasteiger partial charge on any atom is 0.340 e. The summed E-state index contributed by atoms with van der Waals surface area (Å²) in [5, 5.41) is 3.69. The summed E-state index contributed by atoms with van der Waals surface area (Å²) in [4.78, 5) is 16.1. The average Bonchev–Trinajstić information content (AvgIpc) is 2.69. The number of piperazine rings is 1. The van der Waals surface area contributed by atoms with Crippen molar-refractivity contribution in [2.45, 2.75) is 6.92 Å². The molecule has 0 atom stereocenters. The van der Waals surface area contributed by atoms with Crippen LogP contribution in [0.1, 0.15) is 17.3 Å². The topological polar surface area (TPSA) is 44.8 Å². The molecular weight excluding hydrogens is 365 g/mol. The third-order valence-electron chi connectivity index (χ3n) is 4.42. The number of halogens is 1. The first-order chi connectivity index (χ1) is 13.1. The zero-order valence-corrected chi connectivity index (χ0v) is 16.0. The lowest BCUT2D eigenvalue weighted by atomic mass is 10.2. The molecule has 1 saturated heterocycles. The molecule has 1 N–H and O–H groups in total. The molecule has 27 heavy (non-hydrogen) atoms. The van der Waals surface area contributed by atoms with Crippen molar-refractivity contribution in [2.24, 2.45) is 0 Å². The Hall–Kier alpha value is -2.67. The first-order valence-electron chi connectivity index (χ1n) is 8.91. The van der Waals surface area contributed by atoms with Gasteiger partial charge >= 0.3 is 5.97 Å². The minimum absolute atomic E-state index is 0.213. The fraction of sp³-hybridized carbons (Fsp3) is 0.300. The van der Waals surface area contributed by atoms with Crippen LogP contribution in [-0.4, -0.2) is 48.8 Å². The Labute approximate surface area is 163 Å². The van der Waals surface area contributed by atoms with Crippen molar-refractivity contribution in [3.8, 4) is 0 Å². The van der Waals surface area contributed by atoms with E-state index in [0.29, 0.717) is 54.8 Å². The lowest BCUT2D eigenvalue weighted by molar-refractivity contribution is 0.0527. The summed E-state index contributed by atoms with van der Waals surface area (Å²) in [7, 11) is 0. The highest BCUT2D eigenvalue weighted by molar-refractivity contribution is 7.80. The summed E-state index contributed by atoms with van der Waals surface area (Å²) in [6.07, 6.45) is 0. The minimum Gasteiger partial charge on any atom is -0.462 e. The molecule has 1 aliphatic rings. The summed E-state index contributed by atoms with van der Waals surface area (Å²) in [5.74, 6) is -0.595. The third kappa shape index (κ3) is 4.54. The van der Waals surface area contributed by atoms with Gasteiger partial charge in [-0.05, 0) is 43.4 Å². The fourth-order valence-electron chi connectivity index (χ4n) is 3.03. The number of nitrogens with zero attached hydrogens (tertiary/aromatic N) is 2. The van der Waals surface area contributed by atoms with Crippen LogP contribution in [-0.2, 0) is 4.74 Å². The van der Waals surface area contributed by atoms with Gasteiger partial charge in [0.1, 0.15) is 5.82 Å². The first-order valence-corrected chi connectivity index (χ1v) is 9.32. The Morgan fingerprint density at radius 3 is 2.48 bits per heavy atom. The number of rotatable bonds is 4. The van der Waals surface area contributed by atoms with E-state index in [1.165, 1.54) is 6.07 Å². The van der Waals surface area contributed by atoms with Crippen molar-refractivity contribution in [3.63, 3.8) is 0 Å². The lowest BCUT2D eigenvalue weighted by Crippen LogP contribution is -2.50. The SMILES string of the molecule is CCOC(=O)c1ccccc1NC(=S)N1CCN(c2ccccc2F)CC1. The Bertz CT molecular complexity index is 822. The summed E-state index contributed by atoms with van der Waals surface area (Å²) in [6, 6.07) is 13.9. The van der Waals surface area contributed by atoms with Crippen LogP contribution in [0.25, 0.3) is 0 Å². The van der Waals surface area contributed by atoms with Gasteiger partial charge in [0.15, 0.2) is 5.11 Å². The molecule has 0 bridgehead atoms. The molecule has 7 heteroatoms. The lowest BCUT2D eigenvalue weighted by Gasteiger charge is -2.37. The predicted octanol–water partition coefficient (Wildman–Crippen LogP) is 3.52. The quantitative estimate of drug-likeness (QED) is 0.640. The fourth-order valence-corrected chi connectivity index (χ4v) is 3.32. The normalized spacial score (nSPS) is 14.0. The summed E-state index contributed by atoms with van der Waals surface area (Å²) in [5.41, 5.74) is 1.69. The summed E-state index contributed by atoms with van der Waals surface area (Å²) >= 11 is 5.52. The number of hydrogen-bond donors (Lipinski definition) is 1. The van der Waals surface area contributed by atoms with Crippen LogP contribution >= 0.6 is 12.2 Å². The van der Waals surface area contributed by atoms with Crippen LogP contribution in [0.2, 0.25) is 0 Å². The molecule has 142 valence electrons. The second-order valence-corrected chi connectivity index (χ2v) is 6.51. The highest BCUT2D eigenvalue weighted by atomic mass is 32.1. The molecule has 0 amide bonds. The molecule has 2 aromatic carbocycles. The maximum absolute atomic E-state index is 14.0. The Balaban J connectivity index is 1.62. The molecule has 5 nitrogen and oxygen atoms in total. The molecule has 0 unspecified atom stereocenters. The number of carbonyl (C=O) groups excluding carboxylic acids is 1. The number of para-hydroxylation sites is 2. The number of hydrogen-bond acceptors (Lipinski definition) is 4. The Morgan fingerprint density at radius 1 is 1.11 bits per heavy atom. The monoisotopic (exact) mass is 387 g/mol.